The van der Waals surface area contributed by atoms with Gasteiger partial charge in [-0.2, -0.15) is 10.5 Å². The highest BCUT2D eigenvalue weighted by molar-refractivity contribution is 6.29. The standard InChI is InChI=1S/C51H49N3/c1-48(2,3)35-20-36(49(4,5)6)43-45-38(54-37-13-25(21-52)39-23-9-11-24(12-10-23)40(39)44(37)42(35)47(43)54)14-26(22-53)46-41(45)31-18-29-30(19-32(31)50(46,7)8)34-17-28-15-27-16-33(29)51(27,28)34/h13-14,18-20,23-24,27-28,33-34H,9-12,15-17H2,1-8H3. The van der Waals surface area contributed by atoms with Crippen LogP contribution in [-0.4, -0.2) is 4.40 Å². The first-order valence-electron chi connectivity index (χ1n) is 21.1. The highest BCUT2D eigenvalue weighted by Gasteiger charge is 2.78. The summed E-state index contributed by atoms with van der Waals surface area (Å²) in [5.74, 6) is 4.36. The molecule has 5 atom stereocenters. The molecule has 2 bridgehead atoms. The van der Waals surface area contributed by atoms with Gasteiger partial charge in [0.05, 0.1) is 39.8 Å². The zero-order valence-corrected chi connectivity index (χ0v) is 33.1. The Morgan fingerprint density at radius 3 is 1.80 bits per heavy atom. The Bertz CT molecular complexity index is 2910. The fourth-order valence-corrected chi connectivity index (χ4v) is 15.3. The zero-order valence-electron chi connectivity index (χ0n) is 33.1. The maximum Gasteiger partial charge on any atom is 0.0995 e. The van der Waals surface area contributed by atoms with Gasteiger partial charge >= 0.3 is 0 Å². The maximum absolute atomic E-state index is 11.1. The maximum atomic E-state index is 11.1. The molecule has 3 nitrogen and oxygen atoms in total. The van der Waals surface area contributed by atoms with Crippen molar-refractivity contribution in [3.8, 4) is 23.3 Å². The Balaban J connectivity index is 1.25. The predicted molar refractivity (Wildman–Crippen MR) is 218 cm³/mol. The van der Waals surface area contributed by atoms with Crippen LogP contribution in [-0.2, 0) is 16.2 Å². The van der Waals surface area contributed by atoms with Gasteiger partial charge in [-0.05, 0) is 164 Å². The highest BCUT2D eigenvalue weighted by atomic mass is 14.9. The van der Waals surface area contributed by atoms with Gasteiger partial charge in [-0.15, -0.1) is 0 Å². The van der Waals surface area contributed by atoms with Gasteiger partial charge in [-0.1, -0.05) is 73.6 Å². The van der Waals surface area contributed by atoms with E-state index >= 15 is 0 Å². The third-order valence-electron chi connectivity index (χ3n) is 17.4. The quantitative estimate of drug-likeness (QED) is 0.158. The molecule has 268 valence electrons. The van der Waals surface area contributed by atoms with Crippen LogP contribution >= 0.6 is 0 Å². The first kappa shape index (κ1) is 30.9. The minimum Gasteiger partial charge on any atom is -0.308 e. The molecule has 8 aliphatic rings. The lowest BCUT2D eigenvalue weighted by atomic mass is 9.28. The molecule has 54 heavy (non-hydrogen) atoms. The summed E-state index contributed by atoms with van der Waals surface area (Å²) in [5.41, 5.74) is 19.7. The molecule has 5 unspecified atom stereocenters. The van der Waals surface area contributed by atoms with E-state index in [0.717, 1.165) is 40.3 Å². The van der Waals surface area contributed by atoms with Crippen molar-refractivity contribution in [2.24, 2.45) is 17.3 Å². The van der Waals surface area contributed by atoms with E-state index in [0.29, 0.717) is 17.3 Å². The molecule has 0 amide bonds. The fourth-order valence-electron chi connectivity index (χ4n) is 15.3. The molecule has 0 saturated heterocycles. The Morgan fingerprint density at radius 2 is 1.20 bits per heavy atom. The summed E-state index contributed by atoms with van der Waals surface area (Å²) < 4.78 is 2.55. The Morgan fingerprint density at radius 1 is 0.648 bits per heavy atom. The number of aromatic nitrogens is 1. The summed E-state index contributed by atoms with van der Waals surface area (Å²) in [6.45, 7) is 19.1. The van der Waals surface area contributed by atoms with E-state index in [-0.39, 0.29) is 16.2 Å². The van der Waals surface area contributed by atoms with Crippen LogP contribution in [0.5, 0.6) is 0 Å². The second-order valence-electron chi connectivity index (χ2n) is 21.7. The van der Waals surface area contributed by atoms with Crippen molar-refractivity contribution in [1.82, 2.24) is 4.40 Å². The van der Waals surface area contributed by atoms with Crippen LogP contribution in [0, 0.1) is 39.9 Å². The van der Waals surface area contributed by atoms with Crippen LogP contribution in [0.4, 0.5) is 0 Å². The molecule has 8 aliphatic carbocycles. The number of fused-ring (bicyclic) bond motifs is 15. The summed E-state index contributed by atoms with van der Waals surface area (Å²) in [6.07, 6.45) is 9.06. The van der Waals surface area contributed by atoms with Crippen LogP contribution in [0.2, 0.25) is 0 Å². The topological polar surface area (TPSA) is 52.0 Å². The van der Waals surface area contributed by atoms with Gasteiger partial charge in [0.2, 0.25) is 0 Å². The first-order chi connectivity index (χ1) is 25.7. The lowest BCUT2D eigenvalue weighted by molar-refractivity contribution is -0.240. The average molecular weight is 704 g/mol. The predicted octanol–water partition coefficient (Wildman–Crippen LogP) is 12.8. The number of benzene rings is 4. The van der Waals surface area contributed by atoms with Crippen LogP contribution < -0.4 is 0 Å². The summed E-state index contributed by atoms with van der Waals surface area (Å²) >= 11 is 0. The van der Waals surface area contributed by atoms with Crippen molar-refractivity contribution in [2.75, 3.05) is 0 Å². The van der Waals surface area contributed by atoms with E-state index in [1.54, 1.807) is 11.1 Å². The Hall–Kier alpha value is -4.34. The van der Waals surface area contributed by atoms with Gasteiger partial charge in [0.25, 0.3) is 0 Å². The van der Waals surface area contributed by atoms with Gasteiger partial charge in [0.1, 0.15) is 0 Å². The number of nitrogens with zero attached hydrogens (tertiary/aromatic N) is 3. The molecule has 3 heteroatoms. The van der Waals surface area contributed by atoms with E-state index in [2.05, 4.69) is 102 Å². The third kappa shape index (κ3) is 3.01. The van der Waals surface area contributed by atoms with Crippen LogP contribution in [0.25, 0.3) is 49.2 Å². The summed E-state index contributed by atoms with van der Waals surface area (Å²) in [4.78, 5) is 0. The molecule has 4 fully saturated rings. The zero-order chi connectivity index (χ0) is 36.9. The average Bonchev–Trinajstić information content (AvgIpc) is 3.79. The number of hydrogen-bond donors (Lipinski definition) is 0. The minimum absolute atomic E-state index is 0.0887. The van der Waals surface area contributed by atoms with Crippen molar-refractivity contribution in [1.29, 1.82) is 10.5 Å². The van der Waals surface area contributed by atoms with Crippen molar-refractivity contribution < 1.29 is 0 Å². The van der Waals surface area contributed by atoms with Crippen LogP contribution in [0.3, 0.4) is 0 Å². The molecular formula is C51H49N3. The summed E-state index contributed by atoms with van der Waals surface area (Å²) in [7, 11) is 0. The SMILES string of the molecule is CC(C)(C)c1cc(C(C)(C)C)c2c3c4c(c(C#N)cc3n3c5cc(C#N)c6c(c5c1c23)-c1cc2c(cc1C6(C)C)C1CC3CC5CC2C531)C1CCC4CC1. The Kier molecular flexibility index (Phi) is 5.08. The largest absolute Gasteiger partial charge is 0.308 e. The molecule has 14 rings (SSSR count). The molecule has 0 N–H and O–H groups in total. The molecule has 4 aromatic carbocycles. The second kappa shape index (κ2) is 8.87. The molecule has 2 aromatic heterocycles. The van der Waals surface area contributed by atoms with Gasteiger partial charge in [-0.3, -0.25) is 0 Å². The second-order valence-corrected chi connectivity index (χ2v) is 21.7. The number of rotatable bonds is 0. The number of hydrogen-bond acceptors (Lipinski definition) is 2. The van der Waals surface area contributed by atoms with E-state index in [4.69, 9.17) is 0 Å². The smallest absolute Gasteiger partial charge is 0.0995 e. The minimum atomic E-state index is -0.279. The third-order valence-corrected chi connectivity index (χ3v) is 17.4. The highest BCUT2D eigenvalue weighted by Crippen LogP contribution is 2.88. The van der Waals surface area contributed by atoms with E-state index in [1.165, 1.54) is 122 Å². The Labute approximate surface area is 318 Å². The van der Waals surface area contributed by atoms with Crippen molar-refractivity contribution in [3.05, 3.63) is 86.0 Å². The van der Waals surface area contributed by atoms with Crippen molar-refractivity contribution >= 4 is 38.1 Å². The van der Waals surface area contributed by atoms with Gasteiger partial charge < -0.3 is 4.40 Å². The van der Waals surface area contributed by atoms with Crippen LogP contribution in [0.15, 0.2) is 30.3 Å². The molecule has 2 heterocycles. The summed E-state index contributed by atoms with van der Waals surface area (Å²) in [6, 6.07) is 17.9. The van der Waals surface area contributed by atoms with E-state index in [9.17, 15) is 10.5 Å². The molecule has 6 aromatic rings. The van der Waals surface area contributed by atoms with Crippen molar-refractivity contribution in [3.63, 3.8) is 0 Å². The molecule has 0 radical (unpaired) electrons. The van der Waals surface area contributed by atoms with Gasteiger partial charge in [-0.25, -0.2) is 0 Å². The number of nitriles is 2. The molecule has 0 aliphatic heterocycles. The first-order valence-corrected chi connectivity index (χ1v) is 21.1. The van der Waals surface area contributed by atoms with E-state index < -0.39 is 0 Å². The fraction of sp³-hybridized carbons (Fsp3) is 0.490. The lowest BCUT2D eigenvalue weighted by Crippen LogP contribution is -2.68. The monoisotopic (exact) mass is 703 g/mol. The summed E-state index contributed by atoms with van der Waals surface area (Å²) in [5, 5.41) is 27.4. The molecule has 1 spiro atoms. The van der Waals surface area contributed by atoms with Gasteiger partial charge in [0, 0.05) is 27.0 Å². The normalized spacial score (nSPS) is 30.3. The van der Waals surface area contributed by atoms with Crippen molar-refractivity contribution in [2.45, 2.75) is 140 Å². The lowest BCUT2D eigenvalue weighted by Gasteiger charge is -2.76. The van der Waals surface area contributed by atoms with E-state index in [1.807, 2.05) is 0 Å². The van der Waals surface area contributed by atoms with Crippen LogP contribution in [0.1, 0.15) is 180 Å². The molecule has 4 saturated carbocycles. The van der Waals surface area contributed by atoms with Gasteiger partial charge in [0.15, 0.2) is 0 Å². The molecular weight excluding hydrogens is 655 g/mol.